The van der Waals surface area contributed by atoms with Crippen LogP contribution < -0.4 is 15.4 Å². The van der Waals surface area contributed by atoms with Gasteiger partial charge in [-0.2, -0.15) is 0 Å². The van der Waals surface area contributed by atoms with Crippen LogP contribution in [0.25, 0.3) is 0 Å². The summed E-state index contributed by atoms with van der Waals surface area (Å²) >= 11 is 0. The molecule has 1 spiro atoms. The molecule has 0 atom stereocenters. The zero-order valence-electron chi connectivity index (χ0n) is 11.9. The predicted molar refractivity (Wildman–Crippen MR) is 74.7 cm³/mol. The largest absolute Gasteiger partial charge is 0.497 e. The number of nitrogens with zero attached hydrogens (tertiary/aromatic N) is 2. The Kier molecular flexibility index (Phi) is 3.50. The van der Waals surface area contributed by atoms with Gasteiger partial charge in [0.1, 0.15) is 11.3 Å². The van der Waals surface area contributed by atoms with Gasteiger partial charge in [-0.3, -0.25) is 14.7 Å². The van der Waals surface area contributed by atoms with Gasteiger partial charge in [0.2, 0.25) is 0 Å². The summed E-state index contributed by atoms with van der Waals surface area (Å²) in [6.07, 6.45) is 2.85. The number of hydrogen-bond acceptors (Lipinski definition) is 5. The van der Waals surface area contributed by atoms with Crippen molar-refractivity contribution in [3.8, 4) is 5.75 Å². The van der Waals surface area contributed by atoms with Gasteiger partial charge < -0.3 is 15.4 Å². The lowest BCUT2D eigenvalue weighted by Gasteiger charge is -2.31. The van der Waals surface area contributed by atoms with E-state index in [1.165, 1.54) is 4.90 Å². The fourth-order valence-corrected chi connectivity index (χ4v) is 2.84. The third-order valence-corrected chi connectivity index (χ3v) is 4.05. The maximum atomic E-state index is 12.6. The maximum absolute atomic E-state index is 12.6. The van der Waals surface area contributed by atoms with E-state index >= 15 is 0 Å². The van der Waals surface area contributed by atoms with Crippen LogP contribution in [0.2, 0.25) is 0 Å². The zero-order valence-corrected chi connectivity index (χ0v) is 11.9. The maximum Gasteiger partial charge on any atom is 0.325 e. The van der Waals surface area contributed by atoms with Crippen LogP contribution in [0.5, 0.6) is 5.75 Å². The van der Waals surface area contributed by atoms with Crippen LogP contribution in [0.3, 0.4) is 0 Å². The van der Waals surface area contributed by atoms with Crippen LogP contribution in [-0.4, -0.2) is 47.6 Å². The zero-order chi connectivity index (χ0) is 14.9. The molecule has 0 bridgehead atoms. The lowest BCUT2D eigenvalue weighted by molar-refractivity contribution is -0.132. The molecule has 0 unspecified atom stereocenters. The molecule has 21 heavy (non-hydrogen) atoms. The number of urea groups is 1. The topological polar surface area (TPSA) is 83.6 Å². The highest BCUT2D eigenvalue weighted by atomic mass is 16.5. The number of imide groups is 1. The van der Waals surface area contributed by atoms with E-state index in [-0.39, 0.29) is 18.5 Å². The number of hydrogen-bond donors (Lipinski definition) is 2. The highest BCUT2D eigenvalue weighted by Gasteiger charge is 2.51. The minimum absolute atomic E-state index is 0.154. The van der Waals surface area contributed by atoms with Crippen molar-refractivity contribution in [2.45, 2.75) is 24.9 Å². The molecular formula is C14H18N4O3. The molecule has 0 aromatic carbocycles. The summed E-state index contributed by atoms with van der Waals surface area (Å²) < 4.78 is 5.13. The van der Waals surface area contributed by atoms with Gasteiger partial charge in [0.15, 0.2) is 0 Å². The number of methoxy groups -OCH3 is 1. The van der Waals surface area contributed by atoms with Crippen molar-refractivity contribution in [3.05, 3.63) is 24.0 Å². The minimum Gasteiger partial charge on any atom is -0.497 e. The van der Waals surface area contributed by atoms with Crippen molar-refractivity contribution < 1.29 is 14.3 Å². The summed E-state index contributed by atoms with van der Waals surface area (Å²) in [4.78, 5) is 30.2. The third-order valence-electron chi connectivity index (χ3n) is 4.05. The summed E-state index contributed by atoms with van der Waals surface area (Å²) in [7, 11) is 1.57. The number of aromatic nitrogens is 1. The first-order valence-electron chi connectivity index (χ1n) is 6.98. The molecule has 2 saturated heterocycles. The number of carbonyl (C=O) groups excluding carboxylic acids is 2. The van der Waals surface area contributed by atoms with Crippen molar-refractivity contribution in [2.75, 3.05) is 20.2 Å². The second-order valence-electron chi connectivity index (χ2n) is 5.34. The Bertz CT molecular complexity index is 569. The van der Waals surface area contributed by atoms with E-state index in [1.807, 2.05) is 0 Å². The highest BCUT2D eigenvalue weighted by molar-refractivity contribution is 6.07. The fraction of sp³-hybridized carbons (Fsp3) is 0.500. The van der Waals surface area contributed by atoms with Gasteiger partial charge in [0.05, 0.1) is 19.3 Å². The number of ether oxygens (including phenoxy) is 1. The molecular weight excluding hydrogens is 272 g/mol. The standard InChI is InChI=1S/C14H18N4O3/c1-21-11-2-5-16-10(8-11)9-18-12(19)14(17-13(18)20)3-6-15-7-4-14/h2,5,8,15H,3-4,6-7,9H2,1H3,(H,17,20). The van der Waals surface area contributed by atoms with Crippen LogP contribution >= 0.6 is 0 Å². The molecule has 2 N–H and O–H groups in total. The monoisotopic (exact) mass is 290 g/mol. The Hall–Kier alpha value is -2.15. The molecule has 7 heteroatoms. The summed E-state index contributed by atoms with van der Waals surface area (Å²) in [6, 6.07) is 3.11. The molecule has 7 nitrogen and oxygen atoms in total. The van der Waals surface area contributed by atoms with Crippen LogP contribution in [0.15, 0.2) is 18.3 Å². The minimum atomic E-state index is -0.735. The van der Waals surface area contributed by atoms with Crippen LogP contribution in [0.1, 0.15) is 18.5 Å². The van der Waals surface area contributed by atoms with Crippen LogP contribution in [0, 0.1) is 0 Å². The van der Waals surface area contributed by atoms with E-state index in [9.17, 15) is 9.59 Å². The summed E-state index contributed by atoms with van der Waals surface area (Å²) in [5.74, 6) is 0.502. The van der Waals surface area contributed by atoms with E-state index in [1.54, 1.807) is 25.4 Å². The number of pyridine rings is 1. The Morgan fingerprint density at radius 3 is 2.86 bits per heavy atom. The Balaban J connectivity index is 1.79. The van der Waals surface area contributed by atoms with Crippen molar-refractivity contribution in [1.29, 1.82) is 0 Å². The average molecular weight is 290 g/mol. The van der Waals surface area contributed by atoms with E-state index in [0.717, 1.165) is 13.1 Å². The molecule has 112 valence electrons. The van der Waals surface area contributed by atoms with Crippen molar-refractivity contribution in [3.63, 3.8) is 0 Å². The van der Waals surface area contributed by atoms with Crippen LogP contribution in [0.4, 0.5) is 4.79 Å². The molecule has 1 aromatic heterocycles. The Labute approximate surface area is 122 Å². The number of amides is 3. The van der Waals surface area contributed by atoms with Crippen molar-refractivity contribution in [1.82, 2.24) is 20.5 Å². The molecule has 2 fully saturated rings. The Morgan fingerprint density at radius 2 is 2.14 bits per heavy atom. The van der Waals surface area contributed by atoms with Gasteiger partial charge in [-0.05, 0) is 32.0 Å². The lowest BCUT2D eigenvalue weighted by atomic mass is 9.88. The van der Waals surface area contributed by atoms with Crippen LogP contribution in [-0.2, 0) is 11.3 Å². The number of piperidine rings is 1. The predicted octanol–water partition coefficient (Wildman–Crippen LogP) is 0.264. The summed E-state index contributed by atoms with van der Waals surface area (Å²) in [5, 5.41) is 6.06. The van der Waals surface area contributed by atoms with E-state index in [0.29, 0.717) is 24.3 Å². The van der Waals surface area contributed by atoms with Gasteiger partial charge >= 0.3 is 6.03 Å². The number of rotatable bonds is 3. The summed E-state index contributed by atoms with van der Waals surface area (Å²) in [5.41, 5.74) is -0.106. The quantitative estimate of drug-likeness (QED) is 0.780. The molecule has 1 aromatic rings. The molecule has 3 amide bonds. The second-order valence-corrected chi connectivity index (χ2v) is 5.34. The van der Waals surface area contributed by atoms with E-state index in [4.69, 9.17) is 4.74 Å². The van der Waals surface area contributed by atoms with Gasteiger partial charge in [0, 0.05) is 12.3 Å². The number of nitrogens with one attached hydrogen (secondary N) is 2. The first-order valence-corrected chi connectivity index (χ1v) is 6.98. The smallest absolute Gasteiger partial charge is 0.325 e. The van der Waals surface area contributed by atoms with Gasteiger partial charge in [-0.25, -0.2) is 4.79 Å². The number of carbonyl (C=O) groups is 2. The van der Waals surface area contributed by atoms with Gasteiger partial charge in [0.25, 0.3) is 5.91 Å². The summed E-state index contributed by atoms with van der Waals surface area (Å²) in [6.45, 7) is 1.63. The molecule has 0 saturated carbocycles. The van der Waals surface area contributed by atoms with Gasteiger partial charge in [-0.15, -0.1) is 0 Å². The molecule has 3 rings (SSSR count). The molecule has 3 heterocycles. The molecule has 2 aliphatic rings. The highest BCUT2D eigenvalue weighted by Crippen LogP contribution is 2.28. The molecule has 0 radical (unpaired) electrons. The van der Waals surface area contributed by atoms with Crippen molar-refractivity contribution >= 4 is 11.9 Å². The normalized spacial score (nSPS) is 20.7. The molecule has 2 aliphatic heterocycles. The van der Waals surface area contributed by atoms with Gasteiger partial charge in [-0.1, -0.05) is 0 Å². The Morgan fingerprint density at radius 1 is 1.38 bits per heavy atom. The average Bonchev–Trinajstić information content (AvgIpc) is 2.73. The van der Waals surface area contributed by atoms with Crippen molar-refractivity contribution in [2.24, 2.45) is 0 Å². The van der Waals surface area contributed by atoms with E-state index < -0.39 is 5.54 Å². The molecule has 0 aliphatic carbocycles. The SMILES string of the molecule is COc1ccnc(CN2C(=O)NC3(CCNCC3)C2=O)c1. The second kappa shape index (κ2) is 5.33. The van der Waals surface area contributed by atoms with E-state index in [2.05, 4.69) is 15.6 Å². The third kappa shape index (κ3) is 2.44. The first-order chi connectivity index (χ1) is 10.1. The first kappa shape index (κ1) is 13.8. The fourth-order valence-electron chi connectivity index (χ4n) is 2.84. The lowest BCUT2D eigenvalue weighted by Crippen LogP contribution is -2.53.